The van der Waals surface area contributed by atoms with E-state index in [-0.39, 0.29) is 5.82 Å². The number of halogens is 2. The first-order valence-electron chi connectivity index (χ1n) is 6.30. The van der Waals surface area contributed by atoms with E-state index in [9.17, 15) is 8.78 Å². The number of benzene rings is 1. The average molecular weight is 236 g/mol. The van der Waals surface area contributed by atoms with Crippen LogP contribution in [0.5, 0.6) is 0 Å². The second kappa shape index (κ2) is 5.95. The van der Waals surface area contributed by atoms with E-state index >= 15 is 0 Å². The summed E-state index contributed by atoms with van der Waals surface area (Å²) < 4.78 is 24.7. The van der Waals surface area contributed by atoms with Crippen LogP contribution in [-0.2, 0) is 0 Å². The lowest BCUT2D eigenvalue weighted by Crippen LogP contribution is -2.12. The Bertz CT molecular complexity index is 359. The van der Waals surface area contributed by atoms with Crippen LogP contribution < -0.4 is 0 Å². The van der Waals surface area contributed by atoms with E-state index in [4.69, 9.17) is 0 Å². The summed E-state index contributed by atoms with van der Waals surface area (Å²) in [6.07, 6.45) is 7.67. The van der Waals surface area contributed by atoms with Crippen molar-refractivity contribution in [3.05, 3.63) is 48.1 Å². The van der Waals surface area contributed by atoms with Crippen LogP contribution in [0.15, 0.2) is 36.7 Å². The number of hydrogen-bond acceptors (Lipinski definition) is 0. The van der Waals surface area contributed by atoms with Gasteiger partial charge in [-0.2, -0.15) is 0 Å². The van der Waals surface area contributed by atoms with Crippen molar-refractivity contribution in [2.24, 2.45) is 5.92 Å². The Morgan fingerprint density at radius 2 is 1.71 bits per heavy atom. The lowest BCUT2D eigenvalue weighted by Gasteiger charge is -2.28. The largest absolute Gasteiger partial charge is 0.216 e. The summed E-state index contributed by atoms with van der Waals surface area (Å²) in [6.45, 7) is 0. The first-order valence-corrected chi connectivity index (χ1v) is 6.30. The highest BCUT2D eigenvalue weighted by Crippen LogP contribution is 2.37. The fourth-order valence-corrected chi connectivity index (χ4v) is 2.71. The molecule has 0 heterocycles. The fraction of sp³-hybridized carbons (Fsp3) is 0.467. The Hall–Kier alpha value is -1.18. The molecule has 0 bridgehead atoms. The normalized spacial score (nSPS) is 25.3. The highest BCUT2D eigenvalue weighted by atomic mass is 19.1. The minimum absolute atomic E-state index is 0.171. The first kappa shape index (κ1) is 12.3. The van der Waals surface area contributed by atoms with E-state index in [0.29, 0.717) is 18.2 Å². The lowest BCUT2D eigenvalue weighted by molar-refractivity contribution is 0.327. The Morgan fingerprint density at radius 1 is 1.06 bits per heavy atom. The quantitative estimate of drug-likeness (QED) is 0.694. The maximum Gasteiger partial charge on any atom is 0.123 e. The molecule has 1 fully saturated rings. The summed E-state index contributed by atoms with van der Waals surface area (Å²) in [5.74, 6) is 1.01. The zero-order valence-corrected chi connectivity index (χ0v) is 9.91. The molecule has 0 atom stereocenters. The van der Waals surface area contributed by atoms with Crippen molar-refractivity contribution in [2.45, 2.75) is 38.0 Å². The van der Waals surface area contributed by atoms with Gasteiger partial charge in [-0.15, -0.1) is 0 Å². The number of allylic oxidation sites excluding steroid dienone is 1. The van der Waals surface area contributed by atoms with Gasteiger partial charge in [0.05, 0.1) is 6.33 Å². The number of hydrogen-bond donors (Lipinski definition) is 0. The van der Waals surface area contributed by atoms with Gasteiger partial charge in [-0.1, -0.05) is 18.2 Å². The molecule has 2 heteroatoms. The maximum atomic E-state index is 12.8. The van der Waals surface area contributed by atoms with Crippen molar-refractivity contribution in [1.29, 1.82) is 0 Å². The lowest BCUT2D eigenvalue weighted by atomic mass is 9.77. The molecular weight excluding hydrogens is 218 g/mol. The molecule has 0 radical (unpaired) electrons. The SMILES string of the molecule is F/C=C/CC1CCC(c2ccc(F)cc2)CC1. The van der Waals surface area contributed by atoms with Gasteiger partial charge in [0, 0.05) is 0 Å². The van der Waals surface area contributed by atoms with Crippen molar-refractivity contribution in [3.8, 4) is 0 Å². The molecule has 92 valence electrons. The summed E-state index contributed by atoms with van der Waals surface area (Å²) in [5.41, 5.74) is 1.24. The fourth-order valence-electron chi connectivity index (χ4n) is 2.71. The van der Waals surface area contributed by atoms with Crippen LogP contribution in [0.3, 0.4) is 0 Å². The molecule has 0 N–H and O–H groups in total. The molecule has 0 amide bonds. The highest BCUT2D eigenvalue weighted by Gasteiger charge is 2.21. The summed E-state index contributed by atoms with van der Waals surface area (Å²) in [4.78, 5) is 0. The molecule has 0 aromatic heterocycles. The van der Waals surface area contributed by atoms with E-state index in [1.807, 2.05) is 12.1 Å². The van der Waals surface area contributed by atoms with Gasteiger partial charge in [-0.3, -0.25) is 0 Å². The Labute approximate surface area is 101 Å². The third kappa shape index (κ3) is 3.39. The van der Waals surface area contributed by atoms with E-state index in [2.05, 4.69) is 0 Å². The molecule has 0 saturated heterocycles. The van der Waals surface area contributed by atoms with E-state index in [0.717, 1.165) is 32.1 Å². The molecule has 1 aliphatic carbocycles. The van der Waals surface area contributed by atoms with E-state index in [1.54, 1.807) is 6.08 Å². The maximum absolute atomic E-state index is 12.8. The molecule has 17 heavy (non-hydrogen) atoms. The van der Waals surface area contributed by atoms with Gasteiger partial charge in [0.2, 0.25) is 0 Å². The minimum atomic E-state index is -0.171. The number of rotatable bonds is 3. The predicted molar refractivity (Wildman–Crippen MR) is 66.0 cm³/mol. The highest BCUT2D eigenvalue weighted by molar-refractivity contribution is 5.20. The third-order valence-corrected chi connectivity index (χ3v) is 3.75. The molecule has 0 aliphatic heterocycles. The molecule has 2 rings (SSSR count). The molecular formula is C15H18F2. The predicted octanol–water partition coefficient (Wildman–Crippen LogP) is 4.97. The van der Waals surface area contributed by atoms with Crippen LogP contribution in [-0.4, -0.2) is 0 Å². The first-order chi connectivity index (χ1) is 8.29. The van der Waals surface area contributed by atoms with Gasteiger partial charge in [0.25, 0.3) is 0 Å². The summed E-state index contributed by atoms with van der Waals surface area (Å²) >= 11 is 0. The van der Waals surface area contributed by atoms with Gasteiger partial charge in [0.15, 0.2) is 0 Å². The molecule has 1 aromatic rings. The van der Waals surface area contributed by atoms with Crippen LogP contribution in [0.1, 0.15) is 43.6 Å². The van der Waals surface area contributed by atoms with Crippen LogP contribution in [0.2, 0.25) is 0 Å². The topological polar surface area (TPSA) is 0 Å². The zero-order valence-electron chi connectivity index (χ0n) is 9.91. The smallest absolute Gasteiger partial charge is 0.123 e. The summed E-state index contributed by atoms with van der Waals surface area (Å²) in [6, 6.07) is 6.85. The average Bonchev–Trinajstić information content (AvgIpc) is 2.38. The van der Waals surface area contributed by atoms with Crippen LogP contribution in [0.25, 0.3) is 0 Å². The van der Waals surface area contributed by atoms with E-state index < -0.39 is 0 Å². The van der Waals surface area contributed by atoms with Gasteiger partial charge in [-0.05, 0) is 61.6 Å². The molecule has 1 saturated carbocycles. The van der Waals surface area contributed by atoms with Gasteiger partial charge in [0.1, 0.15) is 5.82 Å². The molecule has 0 unspecified atom stereocenters. The minimum Gasteiger partial charge on any atom is -0.216 e. The van der Waals surface area contributed by atoms with Crippen LogP contribution >= 0.6 is 0 Å². The third-order valence-electron chi connectivity index (χ3n) is 3.75. The van der Waals surface area contributed by atoms with Crippen molar-refractivity contribution < 1.29 is 8.78 Å². The molecule has 1 aromatic carbocycles. The monoisotopic (exact) mass is 236 g/mol. The second-order valence-corrected chi connectivity index (χ2v) is 4.87. The van der Waals surface area contributed by atoms with Gasteiger partial charge >= 0.3 is 0 Å². The van der Waals surface area contributed by atoms with Crippen molar-refractivity contribution in [3.63, 3.8) is 0 Å². The van der Waals surface area contributed by atoms with Crippen molar-refractivity contribution in [2.75, 3.05) is 0 Å². The molecule has 0 nitrogen and oxygen atoms in total. The van der Waals surface area contributed by atoms with Gasteiger partial charge < -0.3 is 0 Å². The standard InChI is InChI=1S/C15H18F2/c16-11-1-2-12-3-5-13(6-4-12)14-7-9-15(17)10-8-14/h1,7-13H,2-6H2/b11-1+. The summed E-state index contributed by atoms with van der Waals surface area (Å²) in [5, 5.41) is 0. The summed E-state index contributed by atoms with van der Waals surface area (Å²) in [7, 11) is 0. The van der Waals surface area contributed by atoms with Crippen molar-refractivity contribution in [1.82, 2.24) is 0 Å². The Morgan fingerprint density at radius 3 is 2.29 bits per heavy atom. The van der Waals surface area contributed by atoms with E-state index in [1.165, 1.54) is 17.7 Å². The van der Waals surface area contributed by atoms with Crippen molar-refractivity contribution >= 4 is 0 Å². The zero-order chi connectivity index (χ0) is 12.1. The van der Waals surface area contributed by atoms with Gasteiger partial charge in [-0.25, -0.2) is 8.78 Å². The second-order valence-electron chi connectivity index (χ2n) is 4.87. The van der Waals surface area contributed by atoms with Crippen LogP contribution in [0, 0.1) is 11.7 Å². The Kier molecular flexibility index (Phi) is 4.29. The molecule has 1 aliphatic rings. The molecule has 0 spiro atoms. The Balaban J connectivity index is 1.88. The van der Waals surface area contributed by atoms with Crippen LogP contribution in [0.4, 0.5) is 8.78 Å².